The van der Waals surface area contributed by atoms with Crippen molar-refractivity contribution in [1.82, 2.24) is 0 Å². The molecule has 48 valence electrons. The Morgan fingerprint density at radius 1 is 1.25 bits per heavy atom. The van der Waals surface area contributed by atoms with Crippen LogP contribution in [-0.2, 0) is 0 Å². The largest absolute Gasteiger partial charge is 0.326 e. The fourth-order valence-electron chi connectivity index (χ4n) is 1.16. The van der Waals surface area contributed by atoms with Gasteiger partial charge < -0.3 is 11.5 Å². The molecule has 0 aromatic carbocycles. The lowest BCUT2D eigenvalue weighted by Gasteiger charge is -2.24. The molecule has 0 aliphatic heterocycles. The van der Waals surface area contributed by atoms with Gasteiger partial charge in [0.05, 0.1) is 0 Å². The Morgan fingerprint density at radius 2 is 1.88 bits per heavy atom. The second-order valence-electron chi connectivity index (χ2n) is 2.55. The van der Waals surface area contributed by atoms with Crippen LogP contribution in [0.4, 0.5) is 0 Å². The lowest BCUT2D eigenvalue weighted by atomic mass is 9.92. The van der Waals surface area contributed by atoms with Gasteiger partial charge in [0.15, 0.2) is 0 Å². The maximum absolute atomic E-state index is 6.90. The molecule has 0 radical (unpaired) electrons. The van der Waals surface area contributed by atoms with Crippen molar-refractivity contribution >= 4 is 0 Å². The monoisotopic (exact) mass is 115 g/mol. The van der Waals surface area contributed by atoms with E-state index in [0.717, 1.165) is 12.8 Å². The van der Waals surface area contributed by atoms with Gasteiger partial charge in [-0.2, -0.15) is 0 Å². The van der Waals surface area contributed by atoms with Gasteiger partial charge in [0.2, 0.25) is 0 Å². The Morgan fingerprint density at radius 3 is 2.25 bits per heavy atom. The Hall–Kier alpha value is -0.0800. The molecule has 1 rings (SSSR count). The second-order valence-corrected chi connectivity index (χ2v) is 2.55. The standard InChI is InChI=1S/C6H14N2/c7-5-3-1-2-4-6(5)8/h5-6H,1-4,7-8H2/t5-,6-/m1/s1/i/hD. The smallest absolute Gasteiger partial charge is 0.119 e. The van der Waals surface area contributed by atoms with Crippen LogP contribution in [0.5, 0.6) is 0 Å². The van der Waals surface area contributed by atoms with E-state index in [1.54, 1.807) is 0 Å². The summed E-state index contributed by atoms with van der Waals surface area (Å²) in [6.45, 7) is 0. The summed E-state index contributed by atoms with van der Waals surface area (Å²) in [6.07, 6.45) is 4.62. The predicted molar refractivity (Wildman–Crippen MR) is 34.4 cm³/mol. The number of hydrogen-bond acceptors (Lipinski definition) is 2. The second kappa shape index (κ2) is 2.46. The number of nitrogens with two attached hydrogens (primary N) is 2. The summed E-state index contributed by atoms with van der Waals surface area (Å²) in [7, 11) is 0. The van der Waals surface area contributed by atoms with E-state index in [1.807, 2.05) is 0 Å². The lowest BCUT2D eigenvalue weighted by Crippen LogP contribution is -2.43. The van der Waals surface area contributed by atoms with E-state index < -0.39 is 0 Å². The molecule has 0 aromatic heterocycles. The van der Waals surface area contributed by atoms with Crippen molar-refractivity contribution in [1.29, 1.82) is 0 Å². The van der Waals surface area contributed by atoms with Gasteiger partial charge in [-0.1, -0.05) is 12.8 Å². The first-order valence-corrected chi connectivity index (χ1v) is 3.27. The summed E-state index contributed by atoms with van der Waals surface area (Å²) in [5.74, 6) is 0. The first kappa shape index (κ1) is 4.77. The van der Waals surface area contributed by atoms with Crippen molar-refractivity contribution in [3.8, 4) is 0 Å². The molecule has 0 saturated heterocycles. The molecular weight excluding hydrogens is 100 g/mol. The molecule has 2 atom stereocenters. The van der Waals surface area contributed by atoms with Crippen LogP contribution >= 0.6 is 0 Å². The fourth-order valence-corrected chi connectivity index (χ4v) is 1.16. The lowest BCUT2D eigenvalue weighted by molar-refractivity contribution is 0.385. The molecule has 0 spiro atoms. The SMILES string of the molecule is [2H]N[C@@H]1CCCC[C@H]1N. The van der Waals surface area contributed by atoms with E-state index in [1.165, 1.54) is 12.8 Å². The van der Waals surface area contributed by atoms with Crippen LogP contribution < -0.4 is 11.5 Å². The van der Waals surface area contributed by atoms with Crippen molar-refractivity contribution in [3.05, 3.63) is 0 Å². The van der Waals surface area contributed by atoms with Crippen molar-refractivity contribution in [2.45, 2.75) is 37.8 Å². The van der Waals surface area contributed by atoms with Crippen molar-refractivity contribution in [2.75, 3.05) is 0 Å². The summed E-state index contributed by atoms with van der Waals surface area (Å²) in [5.41, 5.74) is 8.19. The molecule has 0 heterocycles. The Kier molecular flexibility index (Phi) is 1.47. The maximum atomic E-state index is 6.90. The van der Waals surface area contributed by atoms with E-state index in [-0.39, 0.29) is 12.1 Å². The third-order valence-corrected chi connectivity index (χ3v) is 1.82. The summed E-state index contributed by atoms with van der Waals surface area (Å²) in [4.78, 5) is 0. The first-order valence-electron chi connectivity index (χ1n) is 3.77. The van der Waals surface area contributed by atoms with Crippen LogP contribution in [0.25, 0.3) is 0 Å². The van der Waals surface area contributed by atoms with Crippen molar-refractivity contribution in [3.63, 3.8) is 0 Å². The third kappa shape index (κ3) is 1.20. The zero-order chi connectivity index (χ0) is 6.69. The molecule has 2 heteroatoms. The summed E-state index contributed by atoms with van der Waals surface area (Å²) < 4.78 is 6.90. The van der Waals surface area contributed by atoms with E-state index in [2.05, 4.69) is 5.73 Å². The molecule has 0 aromatic rings. The van der Waals surface area contributed by atoms with E-state index in [9.17, 15) is 0 Å². The average molecular weight is 115 g/mol. The zero-order valence-electron chi connectivity index (χ0n) is 6.06. The zero-order valence-corrected chi connectivity index (χ0v) is 5.06. The summed E-state index contributed by atoms with van der Waals surface area (Å²) in [6, 6.07) is 0.468. The Labute approximate surface area is 51.7 Å². The molecule has 4 N–H and O–H groups in total. The molecule has 0 bridgehead atoms. The topological polar surface area (TPSA) is 52.0 Å². The van der Waals surface area contributed by atoms with Gasteiger partial charge in [-0.15, -0.1) is 0 Å². The van der Waals surface area contributed by atoms with Crippen LogP contribution in [0, 0.1) is 0 Å². The highest BCUT2D eigenvalue weighted by atomic mass is 14.8. The van der Waals surface area contributed by atoms with Crippen LogP contribution in [0.15, 0.2) is 0 Å². The van der Waals surface area contributed by atoms with Gasteiger partial charge in [-0.25, -0.2) is 0 Å². The van der Waals surface area contributed by atoms with Gasteiger partial charge in [-0.3, -0.25) is 0 Å². The van der Waals surface area contributed by atoms with E-state index in [4.69, 9.17) is 7.15 Å². The van der Waals surface area contributed by atoms with Gasteiger partial charge in [0.25, 0.3) is 0 Å². The highest BCUT2D eigenvalue weighted by Gasteiger charge is 2.16. The Bertz CT molecular complexity index is 87.1. The maximum Gasteiger partial charge on any atom is 0.119 e. The molecule has 1 aliphatic carbocycles. The molecule has 0 unspecified atom stereocenters. The molecular formula is C6H14N2. The molecule has 1 fully saturated rings. The van der Waals surface area contributed by atoms with Crippen molar-refractivity contribution < 1.29 is 1.41 Å². The minimum atomic E-state index is 0.219. The number of hydrogen-bond donors (Lipinski definition) is 2. The Balaban J connectivity index is 2.30. The first-order chi connectivity index (χ1) is 4.34. The number of rotatable bonds is 1. The molecule has 2 nitrogen and oxygen atoms in total. The summed E-state index contributed by atoms with van der Waals surface area (Å²) >= 11 is 0. The fraction of sp³-hybridized carbons (Fsp3) is 1.00. The van der Waals surface area contributed by atoms with E-state index in [0.29, 0.717) is 0 Å². The summed E-state index contributed by atoms with van der Waals surface area (Å²) in [5, 5.41) is 0. The van der Waals surface area contributed by atoms with Gasteiger partial charge >= 0.3 is 0 Å². The normalized spacial score (nSPS) is 41.4. The van der Waals surface area contributed by atoms with E-state index >= 15 is 0 Å². The highest BCUT2D eigenvalue weighted by molar-refractivity contribution is 4.79. The minimum Gasteiger partial charge on any atom is -0.326 e. The highest BCUT2D eigenvalue weighted by Crippen LogP contribution is 2.14. The average Bonchev–Trinajstić information content (AvgIpc) is 1.89. The van der Waals surface area contributed by atoms with Crippen molar-refractivity contribution in [2.24, 2.45) is 11.5 Å². The van der Waals surface area contributed by atoms with Crippen LogP contribution in [0.2, 0.25) is 1.41 Å². The van der Waals surface area contributed by atoms with Gasteiger partial charge in [-0.05, 0) is 12.8 Å². The van der Waals surface area contributed by atoms with Gasteiger partial charge in [0.1, 0.15) is 1.41 Å². The predicted octanol–water partition coefficient (Wildman–Crippen LogP) is 0.215. The third-order valence-electron chi connectivity index (χ3n) is 1.82. The van der Waals surface area contributed by atoms with Crippen LogP contribution in [0.3, 0.4) is 0 Å². The molecule has 8 heavy (non-hydrogen) atoms. The van der Waals surface area contributed by atoms with Gasteiger partial charge in [0, 0.05) is 12.1 Å². The molecule has 1 aliphatic rings. The molecule has 1 saturated carbocycles. The quantitative estimate of drug-likeness (QED) is 0.513. The minimum absolute atomic E-state index is 0.219. The van der Waals surface area contributed by atoms with Crippen LogP contribution in [0.1, 0.15) is 25.7 Å². The van der Waals surface area contributed by atoms with Crippen LogP contribution in [-0.4, -0.2) is 12.1 Å². The molecule has 0 amide bonds.